The molecule has 0 aromatic heterocycles. The van der Waals surface area contributed by atoms with Gasteiger partial charge in [-0.2, -0.15) is 5.26 Å². The highest BCUT2D eigenvalue weighted by molar-refractivity contribution is 6.37. The van der Waals surface area contributed by atoms with E-state index in [1.165, 1.54) is 0 Å². The molecule has 0 bridgehead atoms. The molecule has 2 rings (SSSR count). The van der Waals surface area contributed by atoms with Gasteiger partial charge in [-0.05, 0) is 30.0 Å². The number of nitrogens with zero attached hydrogens (tertiary/aromatic N) is 1. The van der Waals surface area contributed by atoms with E-state index in [2.05, 4.69) is 19.9 Å². The maximum atomic E-state index is 9.44. The highest BCUT2D eigenvalue weighted by Crippen LogP contribution is 2.40. The van der Waals surface area contributed by atoms with Crippen LogP contribution in [-0.4, -0.2) is 0 Å². The van der Waals surface area contributed by atoms with E-state index < -0.39 is 0 Å². The van der Waals surface area contributed by atoms with Crippen molar-refractivity contribution in [2.45, 2.75) is 20.3 Å². The summed E-state index contributed by atoms with van der Waals surface area (Å²) in [5.74, 6) is 0.415. The van der Waals surface area contributed by atoms with Crippen molar-refractivity contribution in [2.75, 3.05) is 5.73 Å². The largest absolute Gasteiger partial charge is 0.397 e. The second-order valence-corrected chi connectivity index (χ2v) is 6.19. The van der Waals surface area contributed by atoms with Crippen molar-refractivity contribution < 1.29 is 0 Å². The monoisotopic (exact) mass is 318 g/mol. The fraction of sp³-hybridized carbons (Fsp3) is 0.235. The zero-order valence-electron chi connectivity index (χ0n) is 12.0. The molecule has 0 fully saturated rings. The summed E-state index contributed by atoms with van der Waals surface area (Å²) in [6.07, 6.45) is 0.760. The standard InChI is InChI=1S/C17H16Cl2N2/c1-10(2)7-11-8-15(19)16(17(21)13(11)9-20)12-5-3-4-6-14(12)18/h3-6,8,10H,7,21H2,1-2H3. The van der Waals surface area contributed by atoms with E-state index in [0.717, 1.165) is 17.5 Å². The molecule has 0 aliphatic rings. The van der Waals surface area contributed by atoms with Gasteiger partial charge in [0, 0.05) is 16.1 Å². The van der Waals surface area contributed by atoms with Crippen LogP contribution in [0.4, 0.5) is 5.69 Å². The minimum absolute atomic E-state index is 0.397. The van der Waals surface area contributed by atoms with Gasteiger partial charge in [-0.15, -0.1) is 0 Å². The van der Waals surface area contributed by atoms with Gasteiger partial charge in [0.2, 0.25) is 0 Å². The first-order valence-corrected chi connectivity index (χ1v) is 7.47. The average molecular weight is 319 g/mol. The minimum Gasteiger partial charge on any atom is -0.397 e. The van der Waals surface area contributed by atoms with E-state index >= 15 is 0 Å². The van der Waals surface area contributed by atoms with E-state index in [-0.39, 0.29) is 0 Å². The lowest BCUT2D eigenvalue weighted by atomic mass is 9.92. The van der Waals surface area contributed by atoms with Crippen molar-refractivity contribution in [3.63, 3.8) is 0 Å². The number of hydrogen-bond donors (Lipinski definition) is 1. The number of nitrogen functional groups attached to an aromatic ring is 1. The molecule has 0 heterocycles. The topological polar surface area (TPSA) is 49.8 Å². The van der Waals surface area contributed by atoms with E-state index in [4.69, 9.17) is 28.9 Å². The normalized spacial score (nSPS) is 10.7. The van der Waals surface area contributed by atoms with Crippen molar-refractivity contribution >= 4 is 28.9 Å². The summed E-state index contributed by atoms with van der Waals surface area (Å²) in [6.45, 7) is 4.18. The van der Waals surface area contributed by atoms with E-state index in [0.29, 0.717) is 32.8 Å². The number of anilines is 1. The molecule has 2 N–H and O–H groups in total. The van der Waals surface area contributed by atoms with Crippen LogP contribution >= 0.6 is 23.2 Å². The Balaban J connectivity index is 2.70. The van der Waals surface area contributed by atoms with Crippen LogP contribution in [0.3, 0.4) is 0 Å². The van der Waals surface area contributed by atoms with Crippen LogP contribution in [-0.2, 0) is 6.42 Å². The van der Waals surface area contributed by atoms with Gasteiger partial charge >= 0.3 is 0 Å². The zero-order valence-corrected chi connectivity index (χ0v) is 13.5. The quantitative estimate of drug-likeness (QED) is 0.779. The summed E-state index contributed by atoms with van der Waals surface area (Å²) < 4.78 is 0. The van der Waals surface area contributed by atoms with Crippen LogP contribution in [0, 0.1) is 17.2 Å². The average Bonchev–Trinajstić information content (AvgIpc) is 2.40. The SMILES string of the molecule is CC(C)Cc1cc(Cl)c(-c2ccccc2Cl)c(N)c1C#N. The molecule has 0 saturated heterocycles. The fourth-order valence-corrected chi connectivity index (χ4v) is 2.96. The summed E-state index contributed by atoms with van der Waals surface area (Å²) >= 11 is 12.6. The highest BCUT2D eigenvalue weighted by atomic mass is 35.5. The first kappa shape index (κ1) is 15.7. The third-order valence-electron chi connectivity index (χ3n) is 3.28. The molecule has 2 nitrogen and oxygen atoms in total. The van der Waals surface area contributed by atoms with Crippen molar-refractivity contribution in [1.82, 2.24) is 0 Å². The van der Waals surface area contributed by atoms with Gasteiger partial charge in [0.05, 0.1) is 16.3 Å². The van der Waals surface area contributed by atoms with Gasteiger partial charge in [-0.3, -0.25) is 0 Å². The summed E-state index contributed by atoms with van der Waals surface area (Å²) in [5, 5.41) is 10.5. The Hall–Kier alpha value is -1.69. The third kappa shape index (κ3) is 3.15. The lowest BCUT2D eigenvalue weighted by molar-refractivity contribution is 0.646. The van der Waals surface area contributed by atoms with Crippen LogP contribution in [0.1, 0.15) is 25.0 Å². The minimum atomic E-state index is 0.397. The molecule has 0 aliphatic carbocycles. The lowest BCUT2D eigenvalue weighted by Crippen LogP contribution is -2.03. The molecule has 0 saturated carbocycles. The van der Waals surface area contributed by atoms with Crippen LogP contribution in [0.15, 0.2) is 30.3 Å². The van der Waals surface area contributed by atoms with Gasteiger partial charge in [-0.1, -0.05) is 55.2 Å². The Bertz CT molecular complexity index is 715. The fourth-order valence-electron chi connectivity index (χ4n) is 2.39. The number of nitrogens with two attached hydrogens (primary N) is 1. The van der Waals surface area contributed by atoms with Crippen LogP contribution in [0.25, 0.3) is 11.1 Å². The predicted octanol–water partition coefficient (Wildman–Crippen LogP) is 5.31. The smallest absolute Gasteiger partial charge is 0.102 e. The lowest BCUT2D eigenvalue weighted by Gasteiger charge is -2.16. The van der Waals surface area contributed by atoms with Gasteiger partial charge in [0.25, 0.3) is 0 Å². The Morgan fingerprint density at radius 3 is 2.43 bits per heavy atom. The summed E-state index contributed by atoms with van der Waals surface area (Å²) in [6, 6.07) is 11.4. The molecule has 2 aromatic rings. The Labute approximate surface area is 135 Å². The molecule has 0 unspecified atom stereocenters. The number of benzene rings is 2. The summed E-state index contributed by atoms with van der Waals surface area (Å²) in [5.41, 5.74) is 9.35. The Kier molecular flexibility index (Phi) is 4.77. The third-order valence-corrected chi connectivity index (χ3v) is 3.91. The Morgan fingerprint density at radius 1 is 1.19 bits per heavy atom. The maximum Gasteiger partial charge on any atom is 0.102 e. The first-order valence-electron chi connectivity index (χ1n) is 6.71. The number of halogens is 2. The van der Waals surface area contributed by atoms with Gasteiger partial charge < -0.3 is 5.73 Å². The van der Waals surface area contributed by atoms with Crippen molar-refractivity contribution in [1.29, 1.82) is 5.26 Å². The molecule has 0 amide bonds. The first-order chi connectivity index (χ1) is 9.95. The summed E-state index contributed by atoms with van der Waals surface area (Å²) in [4.78, 5) is 0. The number of rotatable bonds is 3. The molecule has 0 spiro atoms. The van der Waals surface area contributed by atoms with E-state index in [1.54, 1.807) is 6.07 Å². The second-order valence-electron chi connectivity index (χ2n) is 5.37. The molecule has 0 atom stereocenters. The van der Waals surface area contributed by atoms with Gasteiger partial charge in [0.1, 0.15) is 6.07 Å². The molecule has 0 radical (unpaired) electrons. The van der Waals surface area contributed by atoms with Crippen molar-refractivity contribution in [3.05, 3.63) is 51.5 Å². The Morgan fingerprint density at radius 2 is 1.86 bits per heavy atom. The second kappa shape index (κ2) is 6.39. The van der Waals surface area contributed by atoms with Crippen LogP contribution in [0.5, 0.6) is 0 Å². The molecular weight excluding hydrogens is 303 g/mol. The molecule has 2 aromatic carbocycles. The van der Waals surface area contributed by atoms with Crippen LogP contribution < -0.4 is 5.73 Å². The van der Waals surface area contributed by atoms with Crippen LogP contribution in [0.2, 0.25) is 10.0 Å². The van der Waals surface area contributed by atoms with Gasteiger partial charge in [0.15, 0.2) is 0 Å². The molecule has 21 heavy (non-hydrogen) atoms. The number of nitriles is 1. The van der Waals surface area contributed by atoms with E-state index in [9.17, 15) is 5.26 Å². The molecule has 0 aliphatic heterocycles. The number of hydrogen-bond acceptors (Lipinski definition) is 2. The van der Waals surface area contributed by atoms with E-state index in [1.807, 2.05) is 24.3 Å². The predicted molar refractivity (Wildman–Crippen MR) is 89.6 cm³/mol. The maximum absolute atomic E-state index is 9.44. The van der Waals surface area contributed by atoms with Gasteiger partial charge in [-0.25, -0.2) is 0 Å². The van der Waals surface area contributed by atoms with Crippen molar-refractivity contribution in [3.8, 4) is 17.2 Å². The zero-order chi connectivity index (χ0) is 15.6. The molecular formula is C17H16Cl2N2. The van der Waals surface area contributed by atoms with Crippen molar-refractivity contribution in [2.24, 2.45) is 5.92 Å². The molecule has 4 heteroatoms. The highest BCUT2D eigenvalue weighted by Gasteiger charge is 2.18. The molecule has 108 valence electrons. The summed E-state index contributed by atoms with van der Waals surface area (Å²) in [7, 11) is 0.